The molecule has 0 saturated carbocycles. The Bertz CT molecular complexity index is 1500. The number of benzene rings is 3. The quantitative estimate of drug-likeness (QED) is 0.192. The Morgan fingerprint density at radius 1 is 0.907 bits per heavy atom. The minimum Gasteiger partial charge on any atom is -0.352 e. The molecular formula is C31H35Cl4N3O4S. The fraction of sp³-hybridized carbons (Fsp3) is 0.355. The number of anilines is 1. The summed E-state index contributed by atoms with van der Waals surface area (Å²) < 4.78 is 26.5. The van der Waals surface area contributed by atoms with E-state index in [0.29, 0.717) is 27.1 Å². The monoisotopic (exact) mass is 685 g/mol. The highest BCUT2D eigenvalue weighted by Crippen LogP contribution is 2.31. The van der Waals surface area contributed by atoms with Crippen LogP contribution in [0.5, 0.6) is 0 Å². The Kier molecular flexibility index (Phi) is 13.0. The second-order valence-electron chi connectivity index (χ2n) is 10.3. The highest BCUT2D eigenvalue weighted by atomic mass is 35.5. The van der Waals surface area contributed by atoms with Crippen LogP contribution in [0.3, 0.4) is 0 Å². The van der Waals surface area contributed by atoms with Crippen LogP contribution in [0.1, 0.15) is 44.2 Å². The van der Waals surface area contributed by atoms with Gasteiger partial charge in [-0.3, -0.25) is 13.9 Å². The first kappa shape index (κ1) is 35.0. The van der Waals surface area contributed by atoms with Gasteiger partial charge in [-0.15, -0.1) is 0 Å². The zero-order chi connectivity index (χ0) is 31.7. The molecule has 3 rings (SSSR count). The van der Waals surface area contributed by atoms with Gasteiger partial charge < -0.3 is 10.2 Å². The standard InChI is InChI=1S/C31H35Cl4N3O4S/c1-4-21(2)36-31(40)29(18-22-10-6-5-7-11-22)37(20-24-25(33)12-8-13-26(24)34)30(39)14-9-17-38(43(3,41)42)28-19-23(32)15-16-27(28)35/h5-8,10-13,15-16,19,21,29H,4,9,14,17-18,20H2,1-3H3,(H,36,40)/t21-,29+/m0/s1. The second-order valence-corrected chi connectivity index (χ2v) is 13.8. The van der Waals surface area contributed by atoms with E-state index in [9.17, 15) is 18.0 Å². The first-order chi connectivity index (χ1) is 20.3. The molecule has 0 saturated heterocycles. The lowest BCUT2D eigenvalue weighted by Gasteiger charge is -2.33. The van der Waals surface area contributed by atoms with Crippen molar-refractivity contribution in [2.75, 3.05) is 17.1 Å². The summed E-state index contributed by atoms with van der Waals surface area (Å²) in [5.74, 6) is -0.667. The summed E-state index contributed by atoms with van der Waals surface area (Å²) in [5.41, 5.74) is 1.60. The van der Waals surface area contributed by atoms with E-state index in [1.807, 2.05) is 44.2 Å². The molecule has 0 bridgehead atoms. The molecule has 232 valence electrons. The number of amides is 2. The van der Waals surface area contributed by atoms with Gasteiger partial charge in [-0.25, -0.2) is 8.42 Å². The molecule has 0 aliphatic rings. The van der Waals surface area contributed by atoms with Crippen molar-refractivity contribution in [3.63, 3.8) is 0 Å². The Hall–Kier alpha value is -2.49. The molecule has 0 fully saturated rings. The van der Waals surface area contributed by atoms with Crippen LogP contribution in [0.4, 0.5) is 5.69 Å². The van der Waals surface area contributed by atoms with Gasteiger partial charge >= 0.3 is 0 Å². The van der Waals surface area contributed by atoms with E-state index in [1.54, 1.807) is 24.3 Å². The molecular weight excluding hydrogens is 652 g/mol. The van der Waals surface area contributed by atoms with E-state index < -0.39 is 16.1 Å². The zero-order valence-electron chi connectivity index (χ0n) is 24.2. The van der Waals surface area contributed by atoms with Crippen LogP contribution in [0.15, 0.2) is 66.7 Å². The summed E-state index contributed by atoms with van der Waals surface area (Å²) in [6.07, 6.45) is 2.11. The maximum atomic E-state index is 14.0. The van der Waals surface area contributed by atoms with E-state index in [-0.39, 0.29) is 60.9 Å². The smallest absolute Gasteiger partial charge is 0.243 e. The first-order valence-electron chi connectivity index (χ1n) is 13.8. The molecule has 3 aromatic carbocycles. The average molecular weight is 688 g/mol. The second kappa shape index (κ2) is 16.0. The first-order valence-corrected chi connectivity index (χ1v) is 17.2. The third-order valence-electron chi connectivity index (χ3n) is 6.99. The Morgan fingerprint density at radius 2 is 1.56 bits per heavy atom. The van der Waals surface area contributed by atoms with Crippen LogP contribution in [-0.2, 0) is 32.6 Å². The molecule has 3 aromatic rings. The van der Waals surface area contributed by atoms with E-state index in [0.717, 1.165) is 16.1 Å². The Labute approximate surface area is 274 Å². The van der Waals surface area contributed by atoms with Crippen molar-refractivity contribution < 1.29 is 18.0 Å². The van der Waals surface area contributed by atoms with Crippen molar-refractivity contribution in [2.24, 2.45) is 0 Å². The maximum Gasteiger partial charge on any atom is 0.243 e. The average Bonchev–Trinajstić information content (AvgIpc) is 2.95. The molecule has 1 N–H and O–H groups in total. The number of hydrogen-bond donors (Lipinski definition) is 1. The van der Waals surface area contributed by atoms with Crippen LogP contribution in [0.25, 0.3) is 0 Å². The van der Waals surface area contributed by atoms with Crippen molar-refractivity contribution in [3.8, 4) is 0 Å². The number of rotatable bonds is 14. The highest BCUT2D eigenvalue weighted by Gasteiger charge is 2.32. The van der Waals surface area contributed by atoms with Crippen LogP contribution < -0.4 is 9.62 Å². The molecule has 0 aliphatic carbocycles. The predicted molar refractivity (Wildman–Crippen MR) is 177 cm³/mol. The molecule has 2 atom stereocenters. The van der Waals surface area contributed by atoms with Crippen molar-refractivity contribution in [1.29, 1.82) is 0 Å². The van der Waals surface area contributed by atoms with E-state index in [2.05, 4.69) is 5.32 Å². The molecule has 43 heavy (non-hydrogen) atoms. The van der Waals surface area contributed by atoms with Gasteiger partial charge in [-0.05, 0) is 55.7 Å². The summed E-state index contributed by atoms with van der Waals surface area (Å²) in [4.78, 5) is 29.2. The highest BCUT2D eigenvalue weighted by molar-refractivity contribution is 7.92. The van der Waals surface area contributed by atoms with Gasteiger partial charge in [0.05, 0.1) is 17.0 Å². The van der Waals surface area contributed by atoms with Gasteiger partial charge in [0.2, 0.25) is 21.8 Å². The van der Waals surface area contributed by atoms with Gasteiger partial charge in [-0.1, -0.05) is 89.7 Å². The topological polar surface area (TPSA) is 86.8 Å². The fourth-order valence-electron chi connectivity index (χ4n) is 4.51. The normalized spacial score (nSPS) is 12.8. The van der Waals surface area contributed by atoms with Gasteiger partial charge in [-0.2, -0.15) is 0 Å². The molecule has 0 unspecified atom stereocenters. The van der Waals surface area contributed by atoms with E-state index in [4.69, 9.17) is 46.4 Å². The largest absolute Gasteiger partial charge is 0.352 e. The van der Waals surface area contributed by atoms with Crippen molar-refractivity contribution >= 4 is 73.9 Å². The summed E-state index contributed by atoms with van der Waals surface area (Å²) in [5, 5.41) is 4.28. The van der Waals surface area contributed by atoms with Crippen LogP contribution in [0.2, 0.25) is 20.1 Å². The lowest BCUT2D eigenvalue weighted by atomic mass is 10.0. The molecule has 0 radical (unpaired) electrons. The molecule has 2 amide bonds. The summed E-state index contributed by atoms with van der Waals surface area (Å²) in [6.45, 7) is 3.81. The molecule has 12 heteroatoms. The minimum absolute atomic E-state index is 0.0152. The minimum atomic E-state index is -3.76. The lowest BCUT2D eigenvalue weighted by molar-refractivity contribution is -0.141. The third kappa shape index (κ3) is 10.0. The molecule has 0 spiro atoms. The number of carbonyl (C=O) groups excluding carboxylic acids is 2. The molecule has 0 aromatic heterocycles. The fourth-order valence-corrected chi connectivity index (χ4v) is 6.43. The molecule has 0 heterocycles. The third-order valence-corrected chi connectivity index (χ3v) is 9.43. The Balaban J connectivity index is 1.95. The maximum absolute atomic E-state index is 14.0. The van der Waals surface area contributed by atoms with Gasteiger partial charge in [0.15, 0.2) is 0 Å². The van der Waals surface area contributed by atoms with Crippen LogP contribution in [0, 0.1) is 0 Å². The molecule has 7 nitrogen and oxygen atoms in total. The number of nitrogens with one attached hydrogen (secondary N) is 1. The number of nitrogens with zero attached hydrogens (tertiary/aromatic N) is 2. The number of carbonyl (C=O) groups is 2. The van der Waals surface area contributed by atoms with Crippen molar-refractivity contribution in [3.05, 3.63) is 97.9 Å². The number of sulfonamides is 1. The lowest BCUT2D eigenvalue weighted by Crippen LogP contribution is -2.52. The number of halogens is 4. The van der Waals surface area contributed by atoms with Crippen molar-refractivity contribution in [1.82, 2.24) is 10.2 Å². The Morgan fingerprint density at radius 3 is 2.16 bits per heavy atom. The van der Waals surface area contributed by atoms with Crippen LogP contribution in [-0.4, -0.2) is 50.0 Å². The van der Waals surface area contributed by atoms with Gasteiger partial charge in [0.1, 0.15) is 6.04 Å². The van der Waals surface area contributed by atoms with Crippen LogP contribution >= 0.6 is 46.4 Å². The van der Waals surface area contributed by atoms with E-state index in [1.165, 1.54) is 17.0 Å². The predicted octanol–water partition coefficient (Wildman–Crippen LogP) is 7.40. The van der Waals surface area contributed by atoms with E-state index >= 15 is 0 Å². The van der Waals surface area contributed by atoms with Gasteiger partial charge in [0.25, 0.3) is 0 Å². The van der Waals surface area contributed by atoms with Gasteiger partial charge in [0, 0.05) is 52.6 Å². The van der Waals surface area contributed by atoms with Crippen molar-refractivity contribution in [2.45, 2.75) is 58.2 Å². The SMILES string of the molecule is CC[C@H](C)NC(=O)[C@@H](Cc1ccccc1)N(Cc1c(Cl)cccc1Cl)C(=O)CCCN(c1cc(Cl)ccc1Cl)S(C)(=O)=O. The molecule has 0 aliphatic heterocycles. The summed E-state index contributed by atoms with van der Waals surface area (Å²) in [7, 11) is -3.76. The zero-order valence-corrected chi connectivity index (χ0v) is 28.0. The summed E-state index contributed by atoms with van der Waals surface area (Å²) in [6, 6.07) is 18.0. The summed E-state index contributed by atoms with van der Waals surface area (Å²) >= 11 is 25.4. The number of hydrogen-bond acceptors (Lipinski definition) is 4.